The van der Waals surface area contributed by atoms with Crippen LogP contribution in [-0.2, 0) is 4.79 Å². The first-order valence-electron chi connectivity index (χ1n) is 6.48. The predicted octanol–water partition coefficient (Wildman–Crippen LogP) is 3.74. The summed E-state index contributed by atoms with van der Waals surface area (Å²) in [6.07, 6.45) is 0. The summed E-state index contributed by atoms with van der Waals surface area (Å²) < 4.78 is 18.2. The monoisotopic (exact) mass is 307 g/mol. The lowest BCUT2D eigenvalue weighted by molar-refractivity contribution is -0.123. The number of hydrogen-bond donors (Lipinski definition) is 1. The molecule has 0 aliphatic heterocycles. The molecule has 5 heteroatoms. The second-order valence-electron chi connectivity index (χ2n) is 4.56. The van der Waals surface area contributed by atoms with Crippen LogP contribution < -0.4 is 10.1 Å². The lowest BCUT2D eigenvalue weighted by Crippen LogP contribution is -2.31. The number of carbonyl (C=O) groups is 1. The van der Waals surface area contributed by atoms with Crippen LogP contribution in [-0.4, -0.2) is 12.5 Å². The summed E-state index contributed by atoms with van der Waals surface area (Å²) in [5.41, 5.74) is 0.822. The molecule has 0 aliphatic rings. The fourth-order valence-corrected chi connectivity index (χ4v) is 2.01. The largest absolute Gasteiger partial charge is 0.482 e. The SMILES string of the molecule is C[C@H](NC(=O)COc1ccccc1Cl)c1ccc(F)cc1. The summed E-state index contributed by atoms with van der Waals surface area (Å²) in [6, 6.07) is 12.7. The van der Waals surface area contributed by atoms with E-state index in [0.717, 1.165) is 5.56 Å². The molecule has 0 fully saturated rings. The number of rotatable bonds is 5. The highest BCUT2D eigenvalue weighted by atomic mass is 35.5. The molecule has 0 spiro atoms. The molecule has 2 aromatic carbocycles. The van der Waals surface area contributed by atoms with Gasteiger partial charge in [-0.1, -0.05) is 35.9 Å². The number of benzene rings is 2. The van der Waals surface area contributed by atoms with Crippen LogP contribution in [0.2, 0.25) is 5.02 Å². The van der Waals surface area contributed by atoms with Crippen LogP contribution in [0.4, 0.5) is 4.39 Å². The first-order valence-corrected chi connectivity index (χ1v) is 6.86. The highest BCUT2D eigenvalue weighted by molar-refractivity contribution is 6.32. The van der Waals surface area contributed by atoms with Gasteiger partial charge in [-0.15, -0.1) is 0 Å². The van der Waals surface area contributed by atoms with Crippen molar-refractivity contribution in [1.29, 1.82) is 0 Å². The van der Waals surface area contributed by atoms with E-state index in [1.54, 1.807) is 36.4 Å². The molecule has 21 heavy (non-hydrogen) atoms. The molecule has 110 valence electrons. The van der Waals surface area contributed by atoms with Crippen molar-refractivity contribution in [2.24, 2.45) is 0 Å². The molecular formula is C16H15ClFNO2. The first-order chi connectivity index (χ1) is 10.1. The van der Waals surface area contributed by atoms with Gasteiger partial charge < -0.3 is 10.1 Å². The average molecular weight is 308 g/mol. The highest BCUT2D eigenvalue weighted by Gasteiger charge is 2.11. The second kappa shape index (κ2) is 7.09. The van der Waals surface area contributed by atoms with Crippen LogP contribution in [0.25, 0.3) is 0 Å². The summed E-state index contributed by atoms with van der Waals surface area (Å²) in [7, 11) is 0. The van der Waals surface area contributed by atoms with Gasteiger partial charge in [-0.2, -0.15) is 0 Å². The summed E-state index contributed by atoms with van der Waals surface area (Å²) in [6.45, 7) is 1.69. The number of hydrogen-bond acceptors (Lipinski definition) is 2. The fraction of sp³-hybridized carbons (Fsp3) is 0.188. The minimum absolute atomic E-state index is 0.130. The van der Waals surface area contributed by atoms with Crippen molar-refractivity contribution in [3.63, 3.8) is 0 Å². The second-order valence-corrected chi connectivity index (χ2v) is 4.97. The van der Waals surface area contributed by atoms with Crippen LogP contribution in [0.3, 0.4) is 0 Å². The molecule has 0 aliphatic carbocycles. The summed E-state index contributed by atoms with van der Waals surface area (Å²) in [4.78, 5) is 11.8. The predicted molar refractivity (Wildman–Crippen MR) is 79.9 cm³/mol. The van der Waals surface area contributed by atoms with E-state index < -0.39 is 0 Å². The molecule has 2 aromatic rings. The topological polar surface area (TPSA) is 38.3 Å². The van der Waals surface area contributed by atoms with Gasteiger partial charge in [-0.05, 0) is 36.8 Å². The molecule has 1 atom stereocenters. The summed E-state index contributed by atoms with van der Waals surface area (Å²) >= 11 is 5.93. The third-order valence-corrected chi connectivity index (χ3v) is 3.26. The highest BCUT2D eigenvalue weighted by Crippen LogP contribution is 2.22. The number of amides is 1. The Morgan fingerprint density at radius 2 is 1.90 bits per heavy atom. The lowest BCUT2D eigenvalue weighted by atomic mass is 10.1. The van der Waals surface area contributed by atoms with Gasteiger partial charge in [0, 0.05) is 0 Å². The molecule has 0 bridgehead atoms. The van der Waals surface area contributed by atoms with E-state index >= 15 is 0 Å². The maximum Gasteiger partial charge on any atom is 0.258 e. The van der Waals surface area contributed by atoms with E-state index in [2.05, 4.69) is 5.32 Å². The Morgan fingerprint density at radius 1 is 1.24 bits per heavy atom. The third kappa shape index (κ3) is 4.46. The molecule has 2 rings (SSSR count). The maximum atomic E-state index is 12.8. The number of ether oxygens (including phenoxy) is 1. The van der Waals surface area contributed by atoms with Crippen molar-refractivity contribution < 1.29 is 13.9 Å². The maximum absolute atomic E-state index is 12.8. The Kier molecular flexibility index (Phi) is 5.17. The van der Waals surface area contributed by atoms with Crippen molar-refractivity contribution in [3.8, 4) is 5.75 Å². The molecule has 0 unspecified atom stereocenters. The van der Waals surface area contributed by atoms with Crippen molar-refractivity contribution in [1.82, 2.24) is 5.32 Å². The lowest BCUT2D eigenvalue weighted by Gasteiger charge is -2.15. The number of para-hydroxylation sites is 1. The molecular weight excluding hydrogens is 293 g/mol. The normalized spacial score (nSPS) is 11.8. The van der Waals surface area contributed by atoms with Crippen molar-refractivity contribution in [3.05, 3.63) is 64.9 Å². The van der Waals surface area contributed by atoms with Crippen LogP contribution in [0.5, 0.6) is 5.75 Å². The Morgan fingerprint density at radius 3 is 2.57 bits per heavy atom. The van der Waals surface area contributed by atoms with Gasteiger partial charge in [0.25, 0.3) is 5.91 Å². The molecule has 0 heterocycles. The molecule has 0 saturated carbocycles. The van der Waals surface area contributed by atoms with Crippen LogP contribution in [0.1, 0.15) is 18.5 Å². The Hall–Kier alpha value is -2.07. The van der Waals surface area contributed by atoms with Crippen molar-refractivity contribution in [2.75, 3.05) is 6.61 Å². The van der Waals surface area contributed by atoms with E-state index in [1.807, 2.05) is 6.92 Å². The van der Waals surface area contributed by atoms with Crippen molar-refractivity contribution >= 4 is 17.5 Å². The van der Waals surface area contributed by atoms with Crippen LogP contribution in [0.15, 0.2) is 48.5 Å². The third-order valence-electron chi connectivity index (χ3n) is 2.94. The van der Waals surface area contributed by atoms with Gasteiger partial charge in [0.1, 0.15) is 11.6 Å². The van der Waals surface area contributed by atoms with Crippen LogP contribution in [0, 0.1) is 5.82 Å². The van der Waals surface area contributed by atoms with E-state index in [1.165, 1.54) is 12.1 Å². The van der Waals surface area contributed by atoms with Crippen LogP contribution >= 0.6 is 11.6 Å². The van der Waals surface area contributed by atoms with E-state index in [9.17, 15) is 9.18 Å². The minimum atomic E-state index is -0.306. The zero-order valence-corrected chi connectivity index (χ0v) is 12.2. The zero-order valence-electron chi connectivity index (χ0n) is 11.5. The van der Waals surface area contributed by atoms with E-state index in [-0.39, 0.29) is 24.4 Å². The molecule has 3 nitrogen and oxygen atoms in total. The molecule has 1 amide bonds. The van der Waals surface area contributed by atoms with Gasteiger partial charge in [0.15, 0.2) is 6.61 Å². The summed E-state index contributed by atoms with van der Waals surface area (Å²) in [5, 5.41) is 3.23. The fourth-order valence-electron chi connectivity index (χ4n) is 1.82. The Labute approximate surface area is 127 Å². The minimum Gasteiger partial charge on any atom is -0.482 e. The smallest absolute Gasteiger partial charge is 0.258 e. The first kappa shape index (κ1) is 15.3. The summed E-state index contributed by atoms with van der Waals surface area (Å²) in [5.74, 6) is -0.116. The Bertz CT molecular complexity index is 616. The van der Waals surface area contributed by atoms with Gasteiger partial charge in [0.05, 0.1) is 11.1 Å². The van der Waals surface area contributed by atoms with Crippen molar-refractivity contribution in [2.45, 2.75) is 13.0 Å². The number of halogens is 2. The molecule has 0 aromatic heterocycles. The zero-order chi connectivity index (χ0) is 15.2. The number of carbonyl (C=O) groups excluding carboxylic acids is 1. The Balaban J connectivity index is 1.87. The van der Waals surface area contributed by atoms with Gasteiger partial charge in [-0.3, -0.25) is 4.79 Å². The van der Waals surface area contributed by atoms with Gasteiger partial charge in [0.2, 0.25) is 0 Å². The van der Waals surface area contributed by atoms with Gasteiger partial charge in [-0.25, -0.2) is 4.39 Å². The quantitative estimate of drug-likeness (QED) is 0.914. The molecule has 1 N–H and O–H groups in total. The molecule has 0 saturated heterocycles. The van der Waals surface area contributed by atoms with Gasteiger partial charge >= 0.3 is 0 Å². The molecule has 0 radical (unpaired) electrons. The van der Waals surface area contributed by atoms with E-state index in [0.29, 0.717) is 10.8 Å². The van der Waals surface area contributed by atoms with E-state index in [4.69, 9.17) is 16.3 Å². The number of nitrogens with one attached hydrogen (secondary N) is 1. The average Bonchev–Trinajstić information content (AvgIpc) is 2.47. The standard InChI is InChI=1S/C16H15ClFNO2/c1-11(12-6-8-13(18)9-7-12)19-16(20)10-21-15-5-3-2-4-14(15)17/h2-9,11H,10H2,1H3,(H,19,20)/t11-/m0/s1.